The Kier molecular flexibility index (Phi) is 11.7. The van der Waals surface area contributed by atoms with Crippen molar-refractivity contribution in [1.82, 2.24) is 0 Å². The number of para-hydroxylation sites is 1. The van der Waals surface area contributed by atoms with Gasteiger partial charge in [0.05, 0.1) is 0 Å². The van der Waals surface area contributed by atoms with E-state index >= 15 is 0 Å². The first-order chi connectivity index (χ1) is 16.6. The summed E-state index contributed by atoms with van der Waals surface area (Å²) in [6, 6.07) is 28.4. The maximum atomic E-state index is 11.5. The lowest BCUT2D eigenvalue weighted by Gasteiger charge is -2.12. The Hall–Kier alpha value is -4.38. The standard InChI is InChI=1S/C18H16O2.C11H12O3/c19-18(14-13-17-10-5-2-6-11-17)20-15-7-12-16-8-3-1-4-9-16;1-2-6-10(11(12)13)14-9-7-4-3-5-8-9/h1-14H,15H2;2-5,7-8,10H,1,6H2,(H,12,13). The molecule has 174 valence electrons. The molecule has 3 aromatic rings. The number of carbonyl (C=O) groups excluding carboxylic acids is 1. The first kappa shape index (κ1) is 25.9. The van der Waals surface area contributed by atoms with Gasteiger partial charge in [-0.25, -0.2) is 9.59 Å². The van der Waals surface area contributed by atoms with E-state index in [1.807, 2.05) is 78.9 Å². The van der Waals surface area contributed by atoms with Crippen LogP contribution in [0.4, 0.5) is 0 Å². The van der Waals surface area contributed by atoms with Crippen LogP contribution in [0.25, 0.3) is 12.2 Å². The molecule has 0 aromatic heterocycles. The summed E-state index contributed by atoms with van der Waals surface area (Å²) in [4.78, 5) is 22.2. The summed E-state index contributed by atoms with van der Waals surface area (Å²) in [5.74, 6) is -0.762. The van der Waals surface area contributed by atoms with Crippen molar-refractivity contribution in [2.45, 2.75) is 12.5 Å². The van der Waals surface area contributed by atoms with Gasteiger partial charge in [-0.2, -0.15) is 0 Å². The van der Waals surface area contributed by atoms with E-state index in [1.54, 1.807) is 30.3 Å². The molecular formula is C29H28O5. The number of aliphatic carboxylic acids is 1. The van der Waals surface area contributed by atoms with E-state index in [1.165, 1.54) is 12.2 Å². The van der Waals surface area contributed by atoms with Crippen LogP contribution in [0.2, 0.25) is 0 Å². The maximum Gasteiger partial charge on any atom is 0.345 e. The Labute approximate surface area is 200 Å². The van der Waals surface area contributed by atoms with Gasteiger partial charge >= 0.3 is 11.9 Å². The number of benzene rings is 3. The fourth-order valence-electron chi connectivity index (χ4n) is 2.67. The van der Waals surface area contributed by atoms with Crippen LogP contribution in [0.1, 0.15) is 17.5 Å². The zero-order valence-electron chi connectivity index (χ0n) is 18.8. The van der Waals surface area contributed by atoms with Crippen molar-refractivity contribution < 1.29 is 24.2 Å². The van der Waals surface area contributed by atoms with E-state index in [-0.39, 0.29) is 12.6 Å². The molecule has 3 rings (SSSR count). The second kappa shape index (κ2) is 15.4. The SMILES string of the molecule is C=CCC(Oc1ccccc1)C(=O)O.O=C(C=Cc1ccccc1)OCC=Cc1ccccc1. The third-order valence-electron chi connectivity index (χ3n) is 4.32. The van der Waals surface area contributed by atoms with E-state index in [0.29, 0.717) is 12.2 Å². The smallest absolute Gasteiger partial charge is 0.345 e. The zero-order valence-corrected chi connectivity index (χ0v) is 18.8. The van der Waals surface area contributed by atoms with Crippen LogP contribution < -0.4 is 4.74 Å². The number of hydrogen-bond donors (Lipinski definition) is 1. The summed E-state index contributed by atoms with van der Waals surface area (Å²) in [5, 5.41) is 8.79. The molecule has 5 nitrogen and oxygen atoms in total. The van der Waals surface area contributed by atoms with Crippen molar-refractivity contribution in [3.63, 3.8) is 0 Å². The van der Waals surface area contributed by atoms with Crippen LogP contribution in [0.15, 0.2) is 116 Å². The summed E-state index contributed by atoms with van der Waals surface area (Å²) < 4.78 is 10.3. The van der Waals surface area contributed by atoms with Gasteiger partial charge in [0.2, 0.25) is 0 Å². The Morgan fingerprint density at radius 3 is 1.88 bits per heavy atom. The molecule has 1 N–H and O–H groups in total. The fourth-order valence-corrected chi connectivity index (χ4v) is 2.67. The van der Waals surface area contributed by atoms with Gasteiger partial charge in [-0.3, -0.25) is 0 Å². The highest BCUT2D eigenvalue weighted by Crippen LogP contribution is 2.12. The van der Waals surface area contributed by atoms with Crippen LogP contribution in [0, 0.1) is 0 Å². The van der Waals surface area contributed by atoms with Gasteiger partial charge in [-0.05, 0) is 35.4 Å². The molecule has 5 heteroatoms. The average Bonchev–Trinajstić information content (AvgIpc) is 2.87. The lowest BCUT2D eigenvalue weighted by Crippen LogP contribution is -2.26. The van der Waals surface area contributed by atoms with Crippen molar-refractivity contribution in [2.24, 2.45) is 0 Å². The minimum Gasteiger partial charge on any atom is -0.478 e. The minimum absolute atomic E-state index is 0.271. The Balaban J connectivity index is 0.000000257. The van der Waals surface area contributed by atoms with Crippen molar-refractivity contribution in [3.8, 4) is 5.75 Å². The highest BCUT2D eigenvalue weighted by molar-refractivity contribution is 5.87. The van der Waals surface area contributed by atoms with Crippen LogP contribution in [0.5, 0.6) is 5.75 Å². The van der Waals surface area contributed by atoms with E-state index in [4.69, 9.17) is 14.6 Å². The predicted molar refractivity (Wildman–Crippen MR) is 135 cm³/mol. The topological polar surface area (TPSA) is 72.8 Å². The Morgan fingerprint density at radius 1 is 0.824 bits per heavy atom. The molecule has 0 bridgehead atoms. The van der Waals surface area contributed by atoms with Gasteiger partial charge in [0, 0.05) is 12.5 Å². The Bertz CT molecular complexity index is 1060. The van der Waals surface area contributed by atoms with Crippen LogP contribution in [-0.4, -0.2) is 29.8 Å². The molecule has 34 heavy (non-hydrogen) atoms. The van der Waals surface area contributed by atoms with Crippen molar-refractivity contribution >= 4 is 24.1 Å². The summed E-state index contributed by atoms with van der Waals surface area (Å²) >= 11 is 0. The third-order valence-corrected chi connectivity index (χ3v) is 4.32. The predicted octanol–water partition coefficient (Wildman–Crippen LogP) is 6.05. The molecule has 0 radical (unpaired) electrons. The second-order valence-corrected chi connectivity index (χ2v) is 6.97. The molecule has 0 aliphatic carbocycles. The molecule has 1 unspecified atom stereocenters. The number of ether oxygens (including phenoxy) is 2. The van der Waals surface area contributed by atoms with E-state index in [9.17, 15) is 9.59 Å². The van der Waals surface area contributed by atoms with Gasteiger partial charge in [0.15, 0.2) is 6.10 Å². The van der Waals surface area contributed by atoms with Crippen LogP contribution in [0.3, 0.4) is 0 Å². The number of rotatable bonds is 10. The zero-order chi connectivity index (χ0) is 24.4. The van der Waals surface area contributed by atoms with E-state index in [2.05, 4.69) is 6.58 Å². The lowest BCUT2D eigenvalue weighted by molar-refractivity contribution is -0.145. The molecular weight excluding hydrogens is 428 g/mol. The molecule has 0 amide bonds. The summed E-state index contributed by atoms with van der Waals surface area (Å²) in [7, 11) is 0. The first-order valence-corrected chi connectivity index (χ1v) is 10.8. The maximum absolute atomic E-state index is 11.5. The number of esters is 1. The molecule has 0 aliphatic heterocycles. The lowest BCUT2D eigenvalue weighted by atomic mass is 10.2. The monoisotopic (exact) mass is 456 g/mol. The molecule has 3 aromatic carbocycles. The summed E-state index contributed by atoms with van der Waals surface area (Å²) in [6.45, 7) is 3.75. The molecule has 0 fully saturated rings. The van der Waals surface area contributed by atoms with Gasteiger partial charge in [0.1, 0.15) is 12.4 Å². The summed E-state index contributed by atoms with van der Waals surface area (Å²) in [5.41, 5.74) is 2.06. The highest BCUT2D eigenvalue weighted by Gasteiger charge is 2.16. The van der Waals surface area contributed by atoms with Crippen LogP contribution >= 0.6 is 0 Å². The van der Waals surface area contributed by atoms with Crippen LogP contribution in [-0.2, 0) is 14.3 Å². The number of carboxylic acids is 1. The molecule has 0 spiro atoms. The first-order valence-electron chi connectivity index (χ1n) is 10.8. The van der Waals surface area contributed by atoms with Gasteiger partial charge in [-0.1, -0.05) is 91.0 Å². The fraction of sp³-hybridized carbons (Fsp3) is 0.103. The largest absolute Gasteiger partial charge is 0.478 e. The molecule has 1 atom stereocenters. The van der Waals surface area contributed by atoms with E-state index < -0.39 is 12.1 Å². The molecule has 0 saturated carbocycles. The Morgan fingerprint density at radius 2 is 1.35 bits per heavy atom. The number of hydrogen-bond acceptors (Lipinski definition) is 4. The summed E-state index contributed by atoms with van der Waals surface area (Å²) in [6.07, 6.45) is 7.90. The van der Waals surface area contributed by atoms with Crippen molar-refractivity contribution in [1.29, 1.82) is 0 Å². The van der Waals surface area contributed by atoms with E-state index in [0.717, 1.165) is 11.1 Å². The quantitative estimate of drug-likeness (QED) is 0.228. The minimum atomic E-state index is -0.978. The normalized spacial score (nSPS) is 11.3. The second-order valence-electron chi connectivity index (χ2n) is 6.97. The van der Waals surface area contributed by atoms with Crippen molar-refractivity contribution in [3.05, 3.63) is 127 Å². The van der Waals surface area contributed by atoms with Gasteiger partial charge in [-0.15, -0.1) is 6.58 Å². The third kappa shape index (κ3) is 10.8. The molecule has 0 heterocycles. The number of carboxylic acid groups (broad SMARTS) is 1. The van der Waals surface area contributed by atoms with Gasteiger partial charge in [0.25, 0.3) is 0 Å². The van der Waals surface area contributed by atoms with Gasteiger partial charge < -0.3 is 14.6 Å². The average molecular weight is 457 g/mol. The number of carbonyl (C=O) groups is 2. The highest BCUT2D eigenvalue weighted by atomic mass is 16.5. The van der Waals surface area contributed by atoms with Crippen molar-refractivity contribution in [2.75, 3.05) is 6.61 Å². The molecule has 0 saturated heterocycles. The molecule has 0 aliphatic rings.